The van der Waals surface area contributed by atoms with Gasteiger partial charge in [0.05, 0.1) is 19.8 Å². The number of aliphatic imine (C=N–C) groups is 1. The minimum atomic E-state index is -0.393. The van der Waals surface area contributed by atoms with Gasteiger partial charge in [0.15, 0.2) is 5.96 Å². The summed E-state index contributed by atoms with van der Waals surface area (Å²) in [5, 5.41) is 9.57. The number of nitrogens with zero attached hydrogens (tertiary/aromatic N) is 1. The lowest BCUT2D eigenvalue weighted by molar-refractivity contribution is 0.140. The van der Waals surface area contributed by atoms with Gasteiger partial charge in [0.1, 0.15) is 11.9 Å². The average molecular weight is 562 g/mol. The van der Waals surface area contributed by atoms with Crippen molar-refractivity contribution in [1.29, 1.82) is 0 Å². The number of carbonyl (C=O) groups is 1. The Kier molecular flexibility index (Phi) is 13.4. The van der Waals surface area contributed by atoms with Crippen LogP contribution >= 0.6 is 24.0 Å². The smallest absolute Gasteiger partial charge is 0.407 e. The van der Waals surface area contributed by atoms with E-state index in [1.165, 1.54) is 0 Å². The van der Waals surface area contributed by atoms with Gasteiger partial charge in [-0.2, -0.15) is 0 Å². The normalized spacial score (nSPS) is 16.8. The fourth-order valence-corrected chi connectivity index (χ4v) is 3.42. The molecular formula is C23H39IN4O4. The van der Waals surface area contributed by atoms with Crippen molar-refractivity contribution in [3.05, 3.63) is 29.3 Å². The zero-order chi connectivity index (χ0) is 22.6. The van der Waals surface area contributed by atoms with Gasteiger partial charge in [0.25, 0.3) is 0 Å². The Bertz CT molecular complexity index is 724. The molecule has 1 amide bonds. The molecule has 0 spiro atoms. The van der Waals surface area contributed by atoms with E-state index in [-0.39, 0.29) is 36.1 Å². The average Bonchev–Trinajstić information content (AvgIpc) is 3.22. The second-order valence-corrected chi connectivity index (χ2v) is 8.21. The first-order chi connectivity index (χ1) is 14.9. The number of rotatable bonds is 10. The number of ether oxygens (including phenoxy) is 3. The predicted molar refractivity (Wildman–Crippen MR) is 138 cm³/mol. The molecule has 2 rings (SSSR count). The van der Waals surface area contributed by atoms with Crippen LogP contribution in [0.3, 0.4) is 0 Å². The molecule has 1 aromatic carbocycles. The summed E-state index contributed by atoms with van der Waals surface area (Å²) in [6.45, 7) is 11.0. The number of carbonyl (C=O) groups excluding carboxylic acids is 1. The van der Waals surface area contributed by atoms with E-state index in [0.717, 1.165) is 36.3 Å². The first-order valence-electron chi connectivity index (χ1n) is 11.1. The van der Waals surface area contributed by atoms with Crippen molar-refractivity contribution < 1.29 is 19.0 Å². The van der Waals surface area contributed by atoms with Gasteiger partial charge in [-0.3, -0.25) is 4.99 Å². The summed E-state index contributed by atoms with van der Waals surface area (Å²) in [5.41, 5.74) is 2.21. The molecule has 0 bridgehead atoms. The summed E-state index contributed by atoms with van der Waals surface area (Å²) >= 11 is 0. The van der Waals surface area contributed by atoms with Crippen molar-refractivity contribution in [2.24, 2.45) is 10.9 Å². The zero-order valence-corrected chi connectivity index (χ0v) is 22.2. The van der Waals surface area contributed by atoms with E-state index < -0.39 is 6.09 Å². The highest BCUT2D eigenvalue weighted by Gasteiger charge is 2.19. The molecular weight excluding hydrogens is 523 g/mol. The van der Waals surface area contributed by atoms with Gasteiger partial charge in [-0.1, -0.05) is 26.0 Å². The van der Waals surface area contributed by atoms with E-state index in [4.69, 9.17) is 14.2 Å². The number of amides is 1. The van der Waals surface area contributed by atoms with Crippen LogP contribution in [0.15, 0.2) is 23.2 Å². The maximum absolute atomic E-state index is 11.8. The predicted octanol–water partition coefficient (Wildman–Crippen LogP) is 3.61. The Balaban J connectivity index is 0.00000512. The fourth-order valence-electron chi connectivity index (χ4n) is 3.42. The highest BCUT2D eigenvalue weighted by molar-refractivity contribution is 14.0. The number of alkyl carbamates (subject to hydrolysis) is 1. The molecule has 0 aliphatic carbocycles. The summed E-state index contributed by atoms with van der Waals surface area (Å²) in [6.07, 6.45) is 1.45. The van der Waals surface area contributed by atoms with Crippen molar-refractivity contribution in [3.63, 3.8) is 0 Å². The first kappa shape index (κ1) is 28.3. The summed E-state index contributed by atoms with van der Waals surface area (Å²) in [4.78, 5) is 16.1. The van der Waals surface area contributed by atoms with Crippen LogP contribution in [0.25, 0.3) is 0 Å². The molecule has 2 atom stereocenters. The number of hydrogen-bond acceptors (Lipinski definition) is 5. The number of aryl methyl sites for hydroxylation is 1. The minimum absolute atomic E-state index is 0. The van der Waals surface area contributed by atoms with Crippen molar-refractivity contribution in [2.75, 3.05) is 33.4 Å². The number of halogens is 1. The summed E-state index contributed by atoms with van der Waals surface area (Å²) in [7, 11) is 1.73. The van der Waals surface area contributed by atoms with Gasteiger partial charge in [0.2, 0.25) is 0 Å². The molecule has 182 valence electrons. The number of hydrogen-bond donors (Lipinski definition) is 3. The van der Waals surface area contributed by atoms with Crippen LogP contribution in [0.2, 0.25) is 0 Å². The van der Waals surface area contributed by atoms with E-state index in [1.54, 1.807) is 14.0 Å². The number of guanidine groups is 1. The van der Waals surface area contributed by atoms with Crippen molar-refractivity contribution >= 4 is 36.0 Å². The fraction of sp³-hybridized carbons (Fsp3) is 0.652. The van der Waals surface area contributed by atoms with Crippen LogP contribution in [0, 0.1) is 12.8 Å². The molecule has 32 heavy (non-hydrogen) atoms. The van der Waals surface area contributed by atoms with Crippen molar-refractivity contribution in [1.82, 2.24) is 16.0 Å². The van der Waals surface area contributed by atoms with Gasteiger partial charge in [-0.05, 0) is 37.8 Å². The van der Waals surface area contributed by atoms with E-state index >= 15 is 0 Å². The highest BCUT2D eigenvalue weighted by Crippen LogP contribution is 2.23. The van der Waals surface area contributed by atoms with Crippen LogP contribution < -0.4 is 20.7 Å². The molecule has 1 fully saturated rings. The van der Waals surface area contributed by atoms with Gasteiger partial charge >= 0.3 is 6.09 Å². The third kappa shape index (κ3) is 10.2. The quantitative estimate of drug-likeness (QED) is 0.229. The van der Waals surface area contributed by atoms with Gasteiger partial charge in [-0.25, -0.2) is 4.79 Å². The first-order valence-corrected chi connectivity index (χ1v) is 11.1. The third-order valence-corrected chi connectivity index (χ3v) is 4.94. The molecule has 0 radical (unpaired) electrons. The second-order valence-electron chi connectivity index (χ2n) is 8.21. The molecule has 1 aliphatic rings. The van der Waals surface area contributed by atoms with Crippen LogP contribution in [-0.2, 0) is 16.0 Å². The van der Waals surface area contributed by atoms with E-state index in [1.807, 2.05) is 0 Å². The van der Waals surface area contributed by atoms with Crippen LogP contribution in [0.5, 0.6) is 5.75 Å². The molecule has 1 aliphatic heterocycles. The van der Waals surface area contributed by atoms with Gasteiger partial charge in [0, 0.05) is 38.2 Å². The monoisotopic (exact) mass is 562 g/mol. The minimum Gasteiger partial charge on any atom is -0.488 e. The largest absolute Gasteiger partial charge is 0.488 e. The van der Waals surface area contributed by atoms with E-state index in [0.29, 0.717) is 38.2 Å². The topological polar surface area (TPSA) is 93.2 Å². The Morgan fingerprint density at radius 3 is 2.72 bits per heavy atom. The molecule has 1 saturated heterocycles. The lowest BCUT2D eigenvalue weighted by Crippen LogP contribution is -2.47. The Hall–Kier alpha value is -1.75. The Labute approximate surface area is 209 Å². The van der Waals surface area contributed by atoms with Crippen LogP contribution in [-0.4, -0.2) is 57.6 Å². The summed E-state index contributed by atoms with van der Waals surface area (Å²) in [6, 6.07) is 6.16. The maximum atomic E-state index is 11.8. The second kappa shape index (κ2) is 15.2. The molecule has 1 heterocycles. The standard InChI is InChI=1S/C23H38N4O4.HI/c1-6-30-23(28)27-19(11-16(2)3)14-26-22(24-5)25-13-18-8-7-17(4)12-21(18)31-20-9-10-29-15-20;/h7-8,12,16,19-20H,6,9-11,13-15H2,1-5H3,(H,27,28)(H2,24,25,26);1H. The van der Waals surface area contributed by atoms with Gasteiger partial charge < -0.3 is 30.2 Å². The molecule has 0 saturated carbocycles. The molecule has 8 nitrogen and oxygen atoms in total. The third-order valence-electron chi connectivity index (χ3n) is 4.94. The SMILES string of the molecule is CCOC(=O)NC(CNC(=NC)NCc1ccc(C)cc1OC1CCOC1)CC(C)C.I. The lowest BCUT2D eigenvalue weighted by Gasteiger charge is -2.22. The summed E-state index contributed by atoms with van der Waals surface area (Å²) in [5.74, 6) is 1.98. The van der Waals surface area contributed by atoms with E-state index in [9.17, 15) is 4.79 Å². The summed E-state index contributed by atoms with van der Waals surface area (Å²) < 4.78 is 16.6. The zero-order valence-electron chi connectivity index (χ0n) is 19.9. The highest BCUT2D eigenvalue weighted by atomic mass is 127. The van der Waals surface area contributed by atoms with Crippen molar-refractivity contribution in [3.8, 4) is 5.75 Å². The molecule has 9 heteroatoms. The van der Waals surface area contributed by atoms with Crippen LogP contribution in [0.1, 0.15) is 44.7 Å². The van der Waals surface area contributed by atoms with Gasteiger partial charge in [-0.15, -0.1) is 24.0 Å². The lowest BCUT2D eigenvalue weighted by atomic mass is 10.0. The molecule has 1 aromatic rings. The van der Waals surface area contributed by atoms with Crippen LogP contribution in [0.4, 0.5) is 4.79 Å². The van der Waals surface area contributed by atoms with E-state index in [2.05, 4.69) is 59.9 Å². The maximum Gasteiger partial charge on any atom is 0.407 e. The Morgan fingerprint density at radius 1 is 1.31 bits per heavy atom. The Morgan fingerprint density at radius 2 is 2.09 bits per heavy atom. The number of nitrogens with one attached hydrogen (secondary N) is 3. The molecule has 2 unspecified atom stereocenters. The molecule has 0 aromatic heterocycles. The number of benzene rings is 1. The van der Waals surface area contributed by atoms with Crippen molar-refractivity contribution in [2.45, 2.75) is 59.2 Å². The molecule has 3 N–H and O–H groups in total.